The van der Waals surface area contributed by atoms with Crippen LogP contribution in [0.3, 0.4) is 0 Å². The first kappa shape index (κ1) is 15.2. The van der Waals surface area contributed by atoms with Crippen molar-refractivity contribution in [2.75, 3.05) is 11.9 Å². The average molecular weight is 326 g/mol. The number of aryl methyl sites for hydroxylation is 1. The van der Waals surface area contributed by atoms with Crippen molar-refractivity contribution in [1.82, 2.24) is 14.7 Å². The zero-order valence-corrected chi connectivity index (χ0v) is 13.7. The predicted octanol–water partition coefficient (Wildman–Crippen LogP) is 2.30. The Hall–Kier alpha value is -2.34. The van der Waals surface area contributed by atoms with E-state index in [4.69, 9.17) is 5.11 Å². The number of aliphatic hydroxyl groups excluding tert-OH is 1. The molecule has 2 amide bonds. The molecule has 0 fully saturated rings. The molecule has 6 heteroatoms. The van der Waals surface area contributed by atoms with Crippen LogP contribution in [0.25, 0.3) is 0 Å². The standard InChI is InChI=1S/C18H22N4O2/c23-9-8-22-17-12-21(11-14(17)10-19-22)18(24)20-16-7-3-5-13-4-1-2-6-15(13)16/h3,5,7,10,23H,1-2,4,6,8-9,11-12H2,(H,20,24). The fourth-order valence-electron chi connectivity index (χ4n) is 3.73. The lowest BCUT2D eigenvalue weighted by Crippen LogP contribution is -2.31. The van der Waals surface area contributed by atoms with Crippen LogP contribution in [0.2, 0.25) is 0 Å². The molecule has 1 aliphatic carbocycles. The lowest BCUT2D eigenvalue weighted by atomic mass is 9.90. The van der Waals surface area contributed by atoms with E-state index in [1.807, 2.05) is 12.1 Å². The summed E-state index contributed by atoms with van der Waals surface area (Å²) in [5.41, 5.74) is 5.69. The molecule has 1 aromatic carbocycles. The Bertz CT molecular complexity index is 768. The number of urea groups is 1. The second-order valence-corrected chi connectivity index (χ2v) is 6.50. The van der Waals surface area contributed by atoms with Crippen molar-refractivity contribution in [3.8, 4) is 0 Å². The van der Waals surface area contributed by atoms with Crippen LogP contribution in [0.5, 0.6) is 0 Å². The van der Waals surface area contributed by atoms with Crippen molar-refractivity contribution >= 4 is 11.7 Å². The van der Waals surface area contributed by atoms with Gasteiger partial charge in [-0.1, -0.05) is 12.1 Å². The molecule has 126 valence electrons. The van der Waals surface area contributed by atoms with Crippen LogP contribution in [0.1, 0.15) is 35.2 Å². The third-order valence-corrected chi connectivity index (χ3v) is 4.97. The molecule has 24 heavy (non-hydrogen) atoms. The Labute approximate surface area is 141 Å². The van der Waals surface area contributed by atoms with E-state index in [2.05, 4.69) is 16.5 Å². The predicted molar refractivity (Wildman–Crippen MR) is 90.7 cm³/mol. The summed E-state index contributed by atoms with van der Waals surface area (Å²) in [4.78, 5) is 14.5. The molecular weight excluding hydrogens is 304 g/mol. The van der Waals surface area contributed by atoms with E-state index in [0.29, 0.717) is 19.6 Å². The number of carbonyl (C=O) groups is 1. The number of aromatic nitrogens is 2. The number of anilines is 1. The van der Waals surface area contributed by atoms with Gasteiger partial charge in [0.15, 0.2) is 0 Å². The summed E-state index contributed by atoms with van der Waals surface area (Å²) >= 11 is 0. The summed E-state index contributed by atoms with van der Waals surface area (Å²) in [5, 5.41) is 16.5. The third-order valence-electron chi connectivity index (χ3n) is 4.97. The number of rotatable bonds is 3. The van der Waals surface area contributed by atoms with Crippen LogP contribution >= 0.6 is 0 Å². The highest BCUT2D eigenvalue weighted by Crippen LogP contribution is 2.29. The van der Waals surface area contributed by atoms with Gasteiger partial charge in [-0.15, -0.1) is 0 Å². The van der Waals surface area contributed by atoms with Crippen molar-refractivity contribution in [2.24, 2.45) is 0 Å². The molecule has 0 saturated carbocycles. The lowest BCUT2D eigenvalue weighted by molar-refractivity contribution is 0.210. The molecule has 4 rings (SSSR count). The maximum absolute atomic E-state index is 12.7. The highest BCUT2D eigenvalue weighted by atomic mass is 16.3. The first-order valence-corrected chi connectivity index (χ1v) is 8.57. The Morgan fingerprint density at radius 3 is 2.96 bits per heavy atom. The SMILES string of the molecule is O=C(Nc1cccc2c1CCCC2)N1Cc2cnn(CCO)c2C1. The van der Waals surface area contributed by atoms with Gasteiger partial charge in [0, 0.05) is 11.3 Å². The van der Waals surface area contributed by atoms with E-state index in [-0.39, 0.29) is 12.6 Å². The van der Waals surface area contributed by atoms with Crippen molar-refractivity contribution in [2.45, 2.75) is 45.3 Å². The molecule has 0 unspecified atom stereocenters. The molecule has 0 bridgehead atoms. The van der Waals surface area contributed by atoms with E-state index >= 15 is 0 Å². The van der Waals surface area contributed by atoms with Gasteiger partial charge in [-0.25, -0.2) is 4.79 Å². The topological polar surface area (TPSA) is 70.4 Å². The highest BCUT2D eigenvalue weighted by molar-refractivity contribution is 5.90. The number of fused-ring (bicyclic) bond motifs is 2. The van der Waals surface area contributed by atoms with Crippen LogP contribution in [-0.4, -0.2) is 32.4 Å². The number of carbonyl (C=O) groups excluding carboxylic acids is 1. The van der Waals surface area contributed by atoms with Crippen molar-refractivity contribution in [3.63, 3.8) is 0 Å². The van der Waals surface area contributed by atoms with E-state index in [1.165, 1.54) is 24.0 Å². The van der Waals surface area contributed by atoms with Gasteiger partial charge < -0.3 is 15.3 Å². The minimum absolute atomic E-state index is 0.0521. The number of amides is 2. The van der Waals surface area contributed by atoms with Crippen LogP contribution < -0.4 is 5.32 Å². The first-order valence-electron chi connectivity index (χ1n) is 8.57. The van der Waals surface area contributed by atoms with E-state index < -0.39 is 0 Å². The molecule has 0 spiro atoms. The normalized spacial score (nSPS) is 16.0. The average Bonchev–Trinajstić information content (AvgIpc) is 3.18. The number of nitrogens with zero attached hydrogens (tertiary/aromatic N) is 3. The zero-order valence-electron chi connectivity index (χ0n) is 13.7. The second kappa shape index (κ2) is 6.28. The lowest BCUT2D eigenvalue weighted by Gasteiger charge is -2.22. The van der Waals surface area contributed by atoms with E-state index in [9.17, 15) is 4.79 Å². The van der Waals surface area contributed by atoms with Gasteiger partial charge in [-0.05, 0) is 42.9 Å². The molecule has 0 saturated heterocycles. The number of aliphatic hydroxyl groups is 1. The number of hydrogen-bond acceptors (Lipinski definition) is 3. The number of benzene rings is 1. The zero-order chi connectivity index (χ0) is 16.5. The number of hydrogen-bond donors (Lipinski definition) is 2. The van der Waals surface area contributed by atoms with Crippen molar-refractivity contribution < 1.29 is 9.90 Å². The molecule has 2 heterocycles. The largest absolute Gasteiger partial charge is 0.394 e. The van der Waals surface area contributed by atoms with E-state index in [0.717, 1.165) is 29.8 Å². The smallest absolute Gasteiger partial charge is 0.322 e. The van der Waals surface area contributed by atoms with Gasteiger partial charge in [0.2, 0.25) is 0 Å². The molecule has 0 atom stereocenters. The van der Waals surface area contributed by atoms with Gasteiger partial charge >= 0.3 is 6.03 Å². The van der Waals surface area contributed by atoms with Crippen LogP contribution in [-0.2, 0) is 32.5 Å². The van der Waals surface area contributed by atoms with Gasteiger partial charge in [0.25, 0.3) is 0 Å². The molecular formula is C18H22N4O2. The van der Waals surface area contributed by atoms with Crippen molar-refractivity contribution in [1.29, 1.82) is 0 Å². The summed E-state index contributed by atoms with van der Waals surface area (Å²) in [6.45, 7) is 1.63. The maximum Gasteiger partial charge on any atom is 0.322 e. The summed E-state index contributed by atoms with van der Waals surface area (Å²) in [6, 6.07) is 6.12. The molecule has 2 N–H and O–H groups in total. The molecule has 2 aliphatic rings. The van der Waals surface area contributed by atoms with Gasteiger partial charge in [0.05, 0.1) is 38.1 Å². The summed E-state index contributed by atoms with van der Waals surface area (Å²) in [5.74, 6) is 0. The molecule has 2 aromatic rings. The maximum atomic E-state index is 12.7. The first-order chi connectivity index (χ1) is 11.8. The van der Waals surface area contributed by atoms with Crippen molar-refractivity contribution in [3.05, 3.63) is 46.8 Å². The molecule has 6 nitrogen and oxygen atoms in total. The van der Waals surface area contributed by atoms with Gasteiger partial charge in [-0.2, -0.15) is 5.10 Å². The fraction of sp³-hybridized carbons (Fsp3) is 0.444. The monoisotopic (exact) mass is 326 g/mol. The Morgan fingerprint density at radius 2 is 2.08 bits per heavy atom. The number of nitrogens with one attached hydrogen (secondary N) is 1. The Kier molecular flexibility index (Phi) is 3.98. The summed E-state index contributed by atoms with van der Waals surface area (Å²) in [6.07, 6.45) is 6.35. The second-order valence-electron chi connectivity index (χ2n) is 6.50. The minimum Gasteiger partial charge on any atom is -0.394 e. The minimum atomic E-state index is -0.0688. The van der Waals surface area contributed by atoms with Crippen LogP contribution in [0.4, 0.5) is 10.5 Å². The Morgan fingerprint density at radius 1 is 1.21 bits per heavy atom. The fourth-order valence-corrected chi connectivity index (χ4v) is 3.73. The Balaban J connectivity index is 1.48. The van der Waals surface area contributed by atoms with Crippen LogP contribution in [0.15, 0.2) is 24.4 Å². The summed E-state index contributed by atoms with van der Waals surface area (Å²) < 4.78 is 1.78. The quantitative estimate of drug-likeness (QED) is 0.909. The molecule has 1 aliphatic heterocycles. The highest BCUT2D eigenvalue weighted by Gasteiger charge is 2.27. The molecule has 0 radical (unpaired) electrons. The molecule has 1 aromatic heterocycles. The van der Waals surface area contributed by atoms with E-state index in [1.54, 1.807) is 15.8 Å². The van der Waals surface area contributed by atoms with Gasteiger partial charge in [0.1, 0.15) is 0 Å². The van der Waals surface area contributed by atoms with Crippen LogP contribution in [0, 0.1) is 0 Å². The third kappa shape index (κ3) is 2.67. The van der Waals surface area contributed by atoms with Gasteiger partial charge in [-0.3, -0.25) is 4.68 Å². The summed E-state index contributed by atoms with van der Waals surface area (Å²) in [7, 11) is 0.